The quantitative estimate of drug-likeness (QED) is 0.708. The van der Waals surface area contributed by atoms with Crippen molar-refractivity contribution in [1.82, 2.24) is 4.98 Å². The van der Waals surface area contributed by atoms with E-state index in [0.29, 0.717) is 0 Å². The monoisotopic (exact) mass is 274 g/mol. The van der Waals surface area contributed by atoms with Gasteiger partial charge in [-0.3, -0.25) is 0 Å². The SMILES string of the molecule is Cc1ccc2nc(-c3c(N)sc(C)c3C)sc2c1. The summed E-state index contributed by atoms with van der Waals surface area (Å²) in [5, 5.41) is 1.91. The average Bonchev–Trinajstić information content (AvgIpc) is 2.80. The molecule has 2 aromatic heterocycles. The van der Waals surface area contributed by atoms with Crippen molar-refractivity contribution in [2.24, 2.45) is 0 Å². The van der Waals surface area contributed by atoms with Gasteiger partial charge in [0, 0.05) is 10.4 Å². The van der Waals surface area contributed by atoms with Crippen LogP contribution in [0.3, 0.4) is 0 Å². The average molecular weight is 274 g/mol. The largest absolute Gasteiger partial charge is 0.390 e. The maximum Gasteiger partial charge on any atom is 0.127 e. The molecule has 0 atom stereocenters. The number of hydrogen-bond donors (Lipinski definition) is 1. The van der Waals surface area contributed by atoms with E-state index in [1.165, 1.54) is 20.7 Å². The molecule has 0 aliphatic heterocycles. The number of nitrogens with zero attached hydrogens (tertiary/aromatic N) is 1. The molecule has 0 aliphatic rings. The van der Waals surface area contributed by atoms with Crippen LogP contribution in [0.25, 0.3) is 20.8 Å². The van der Waals surface area contributed by atoms with E-state index in [2.05, 4.69) is 39.0 Å². The van der Waals surface area contributed by atoms with Gasteiger partial charge in [0.15, 0.2) is 0 Å². The van der Waals surface area contributed by atoms with Gasteiger partial charge in [0.25, 0.3) is 0 Å². The lowest BCUT2D eigenvalue weighted by Crippen LogP contribution is -1.85. The Labute approximate surface area is 114 Å². The third-order valence-corrected chi connectivity index (χ3v) is 5.24. The van der Waals surface area contributed by atoms with E-state index in [4.69, 9.17) is 10.7 Å². The first-order valence-electron chi connectivity index (χ1n) is 5.79. The van der Waals surface area contributed by atoms with Crippen molar-refractivity contribution in [3.05, 3.63) is 34.2 Å². The maximum absolute atomic E-state index is 6.11. The number of benzene rings is 1. The fraction of sp³-hybridized carbons (Fsp3) is 0.214. The highest BCUT2D eigenvalue weighted by molar-refractivity contribution is 7.22. The highest BCUT2D eigenvalue weighted by Gasteiger charge is 2.16. The fourth-order valence-corrected chi connectivity index (χ4v) is 4.24. The van der Waals surface area contributed by atoms with E-state index in [1.807, 2.05) is 0 Å². The molecule has 3 aromatic rings. The van der Waals surface area contributed by atoms with E-state index in [9.17, 15) is 0 Å². The zero-order valence-corrected chi connectivity index (χ0v) is 12.2. The van der Waals surface area contributed by atoms with Crippen LogP contribution >= 0.6 is 22.7 Å². The maximum atomic E-state index is 6.11. The third kappa shape index (κ3) is 1.72. The second-order valence-corrected chi connectivity index (χ2v) is 6.80. The Morgan fingerprint density at radius 2 is 1.89 bits per heavy atom. The zero-order valence-electron chi connectivity index (χ0n) is 10.6. The Morgan fingerprint density at radius 3 is 2.56 bits per heavy atom. The third-order valence-electron chi connectivity index (χ3n) is 3.17. The summed E-state index contributed by atoms with van der Waals surface area (Å²) >= 11 is 3.37. The lowest BCUT2D eigenvalue weighted by molar-refractivity contribution is 1.40. The van der Waals surface area contributed by atoms with Crippen LogP contribution in [0.2, 0.25) is 0 Å². The lowest BCUT2D eigenvalue weighted by atomic mass is 10.2. The topological polar surface area (TPSA) is 38.9 Å². The zero-order chi connectivity index (χ0) is 12.9. The second-order valence-electron chi connectivity index (χ2n) is 4.51. The summed E-state index contributed by atoms with van der Waals surface area (Å²) in [6.07, 6.45) is 0. The van der Waals surface area contributed by atoms with Crippen LogP contribution in [0.1, 0.15) is 16.0 Å². The van der Waals surface area contributed by atoms with Gasteiger partial charge in [-0.25, -0.2) is 4.98 Å². The summed E-state index contributed by atoms with van der Waals surface area (Å²) < 4.78 is 1.23. The van der Waals surface area contributed by atoms with E-state index < -0.39 is 0 Å². The number of aromatic nitrogens is 1. The molecule has 0 aliphatic carbocycles. The summed E-state index contributed by atoms with van der Waals surface area (Å²) in [4.78, 5) is 5.98. The van der Waals surface area contributed by atoms with E-state index >= 15 is 0 Å². The Kier molecular flexibility index (Phi) is 2.64. The van der Waals surface area contributed by atoms with Crippen molar-refractivity contribution in [3.63, 3.8) is 0 Å². The molecule has 4 heteroatoms. The van der Waals surface area contributed by atoms with Crippen LogP contribution in [-0.4, -0.2) is 4.98 Å². The van der Waals surface area contributed by atoms with Crippen LogP contribution in [0.15, 0.2) is 18.2 Å². The summed E-state index contributed by atoms with van der Waals surface area (Å²) in [6.45, 7) is 6.33. The van der Waals surface area contributed by atoms with Gasteiger partial charge in [0.1, 0.15) is 5.01 Å². The molecule has 18 heavy (non-hydrogen) atoms. The predicted molar refractivity (Wildman–Crippen MR) is 81.6 cm³/mol. The standard InChI is InChI=1S/C14H14N2S2/c1-7-4-5-10-11(6-7)18-14(16-10)12-8(2)9(3)17-13(12)15/h4-6H,15H2,1-3H3. The Hall–Kier alpha value is -1.39. The van der Waals surface area contributed by atoms with Gasteiger partial charge < -0.3 is 5.73 Å². The van der Waals surface area contributed by atoms with E-state index in [-0.39, 0.29) is 0 Å². The van der Waals surface area contributed by atoms with Crippen molar-refractivity contribution in [2.45, 2.75) is 20.8 Å². The Bertz CT molecular complexity index is 738. The van der Waals surface area contributed by atoms with E-state index in [0.717, 1.165) is 21.1 Å². The van der Waals surface area contributed by atoms with Crippen LogP contribution in [-0.2, 0) is 0 Å². The predicted octanol–water partition coefficient (Wildman–Crippen LogP) is 4.53. The van der Waals surface area contributed by atoms with Crippen LogP contribution in [0.4, 0.5) is 5.00 Å². The molecule has 2 N–H and O–H groups in total. The minimum Gasteiger partial charge on any atom is -0.390 e. The van der Waals surface area contributed by atoms with Gasteiger partial charge in [0.05, 0.1) is 15.2 Å². The molecule has 0 bridgehead atoms. The minimum atomic E-state index is 0.876. The molecule has 0 fully saturated rings. The molecule has 0 amide bonds. The van der Waals surface area contributed by atoms with Gasteiger partial charge in [-0.05, 0) is 44.0 Å². The van der Waals surface area contributed by atoms with Gasteiger partial charge >= 0.3 is 0 Å². The molecule has 0 radical (unpaired) electrons. The summed E-state index contributed by atoms with van der Waals surface area (Å²) in [6, 6.07) is 6.36. The normalized spacial score (nSPS) is 11.3. The molecule has 92 valence electrons. The van der Waals surface area contributed by atoms with Crippen molar-refractivity contribution in [2.75, 3.05) is 5.73 Å². The molecule has 3 rings (SSSR count). The number of aryl methyl sites for hydroxylation is 2. The smallest absolute Gasteiger partial charge is 0.127 e. The number of thiophene rings is 1. The molecular weight excluding hydrogens is 260 g/mol. The Morgan fingerprint density at radius 1 is 1.11 bits per heavy atom. The van der Waals surface area contributed by atoms with Crippen molar-refractivity contribution in [1.29, 1.82) is 0 Å². The van der Waals surface area contributed by atoms with Crippen LogP contribution in [0.5, 0.6) is 0 Å². The summed E-state index contributed by atoms with van der Waals surface area (Å²) in [5.41, 5.74) is 10.8. The first kappa shape index (κ1) is 11.7. The van der Waals surface area contributed by atoms with Gasteiger partial charge in [-0.15, -0.1) is 22.7 Å². The van der Waals surface area contributed by atoms with Crippen LogP contribution in [0, 0.1) is 20.8 Å². The first-order chi connectivity index (χ1) is 8.56. The second kappa shape index (κ2) is 4.07. The van der Waals surface area contributed by atoms with Crippen molar-refractivity contribution >= 4 is 37.9 Å². The number of fused-ring (bicyclic) bond motifs is 1. The number of rotatable bonds is 1. The van der Waals surface area contributed by atoms with Crippen LogP contribution < -0.4 is 5.73 Å². The number of hydrogen-bond acceptors (Lipinski definition) is 4. The molecule has 2 heterocycles. The van der Waals surface area contributed by atoms with Gasteiger partial charge in [0.2, 0.25) is 0 Å². The minimum absolute atomic E-state index is 0.876. The van der Waals surface area contributed by atoms with Gasteiger partial charge in [-0.1, -0.05) is 6.07 Å². The van der Waals surface area contributed by atoms with Gasteiger partial charge in [-0.2, -0.15) is 0 Å². The molecule has 1 aromatic carbocycles. The number of nitrogens with two attached hydrogens (primary N) is 1. The Balaban J connectivity index is 2.25. The highest BCUT2D eigenvalue weighted by Crippen LogP contribution is 2.41. The van der Waals surface area contributed by atoms with Crippen molar-refractivity contribution < 1.29 is 0 Å². The molecule has 2 nitrogen and oxygen atoms in total. The summed E-state index contributed by atoms with van der Waals surface area (Å²) in [7, 11) is 0. The number of thiazole rings is 1. The fourth-order valence-electron chi connectivity index (χ4n) is 2.06. The van der Waals surface area contributed by atoms with Crippen molar-refractivity contribution in [3.8, 4) is 10.6 Å². The molecule has 0 spiro atoms. The number of anilines is 1. The molecule has 0 saturated carbocycles. The summed E-state index contributed by atoms with van der Waals surface area (Å²) in [5.74, 6) is 0. The number of nitrogen functional groups attached to an aromatic ring is 1. The molecule has 0 saturated heterocycles. The first-order valence-corrected chi connectivity index (χ1v) is 7.42. The molecule has 0 unspecified atom stereocenters. The lowest BCUT2D eigenvalue weighted by Gasteiger charge is -1.96. The highest BCUT2D eigenvalue weighted by atomic mass is 32.1. The molecular formula is C14H14N2S2. The van der Waals surface area contributed by atoms with E-state index in [1.54, 1.807) is 22.7 Å².